The SMILES string of the molecule is CCOc1ccc(C(C(C)CO)N(C)C)cc1. The first kappa shape index (κ1) is 14.0. The van der Waals surface area contributed by atoms with E-state index in [0.717, 1.165) is 5.75 Å². The number of benzene rings is 1. The second-order valence-electron chi connectivity index (χ2n) is 4.57. The highest BCUT2D eigenvalue weighted by atomic mass is 16.5. The summed E-state index contributed by atoms with van der Waals surface area (Å²) in [6.07, 6.45) is 0. The third kappa shape index (κ3) is 3.72. The summed E-state index contributed by atoms with van der Waals surface area (Å²) in [7, 11) is 4.07. The molecule has 0 bridgehead atoms. The van der Waals surface area contributed by atoms with Crippen LogP contribution in [0.2, 0.25) is 0 Å². The summed E-state index contributed by atoms with van der Waals surface area (Å²) in [4.78, 5) is 2.14. The van der Waals surface area contributed by atoms with Crippen molar-refractivity contribution in [3.05, 3.63) is 29.8 Å². The quantitative estimate of drug-likeness (QED) is 0.824. The van der Waals surface area contributed by atoms with Gasteiger partial charge >= 0.3 is 0 Å². The van der Waals surface area contributed by atoms with Crippen LogP contribution in [0.3, 0.4) is 0 Å². The van der Waals surface area contributed by atoms with Gasteiger partial charge in [0, 0.05) is 12.6 Å². The van der Waals surface area contributed by atoms with E-state index in [1.54, 1.807) is 0 Å². The van der Waals surface area contributed by atoms with Crippen LogP contribution in [0, 0.1) is 5.92 Å². The predicted octanol–water partition coefficient (Wildman–Crippen LogP) is 2.32. The Balaban J connectivity index is 2.87. The van der Waals surface area contributed by atoms with E-state index >= 15 is 0 Å². The maximum atomic E-state index is 9.30. The largest absolute Gasteiger partial charge is 0.494 e. The molecule has 3 nitrogen and oxygen atoms in total. The van der Waals surface area contributed by atoms with Crippen LogP contribution in [-0.2, 0) is 0 Å². The lowest BCUT2D eigenvalue weighted by atomic mass is 9.94. The van der Waals surface area contributed by atoms with Crippen LogP contribution in [-0.4, -0.2) is 37.3 Å². The molecule has 17 heavy (non-hydrogen) atoms. The van der Waals surface area contributed by atoms with Gasteiger partial charge in [0.2, 0.25) is 0 Å². The topological polar surface area (TPSA) is 32.7 Å². The van der Waals surface area contributed by atoms with E-state index in [1.807, 2.05) is 33.2 Å². The van der Waals surface area contributed by atoms with Crippen molar-refractivity contribution in [2.24, 2.45) is 5.92 Å². The molecule has 0 aliphatic carbocycles. The van der Waals surface area contributed by atoms with Gasteiger partial charge in [-0.3, -0.25) is 0 Å². The van der Waals surface area contributed by atoms with E-state index < -0.39 is 0 Å². The number of aliphatic hydroxyl groups excluding tert-OH is 1. The van der Waals surface area contributed by atoms with Gasteiger partial charge in [-0.05, 0) is 44.6 Å². The van der Waals surface area contributed by atoms with Gasteiger partial charge in [-0.1, -0.05) is 19.1 Å². The number of hydrogen-bond acceptors (Lipinski definition) is 3. The van der Waals surface area contributed by atoms with Gasteiger partial charge in [-0.2, -0.15) is 0 Å². The number of rotatable bonds is 6. The number of nitrogens with zero attached hydrogens (tertiary/aromatic N) is 1. The highest BCUT2D eigenvalue weighted by molar-refractivity contribution is 5.29. The summed E-state index contributed by atoms with van der Waals surface area (Å²) in [5.41, 5.74) is 1.21. The van der Waals surface area contributed by atoms with Crippen molar-refractivity contribution in [2.75, 3.05) is 27.3 Å². The predicted molar refractivity (Wildman–Crippen MR) is 70.3 cm³/mol. The molecule has 0 saturated carbocycles. The third-order valence-corrected chi connectivity index (χ3v) is 2.92. The van der Waals surface area contributed by atoms with Gasteiger partial charge in [0.05, 0.1) is 6.61 Å². The molecular weight excluding hydrogens is 214 g/mol. The summed E-state index contributed by atoms with van der Waals surface area (Å²) in [5, 5.41) is 9.30. The first-order valence-electron chi connectivity index (χ1n) is 6.10. The Morgan fingerprint density at radius 3 is 2.24 bits per heavy atom. The van der Waals surface area contributed by atoms with E-state index in [0.29, 0.717) is 6.61 Å². The van der Waals surface area contributed by atoms with E-state index in [9.17, 15) is 5.11 Å². The Hall–Kier alpha value is -1.06. The van der Waals surface area contributed by atoms with Crippen molar-refractivity contribution in [3.8, 4) is 5.75 Å². The first-order valence-corrected chi connectivity index (χ1v) is 6.10. The molecule has 1 rings (SSSR count). The van der Waals surface area contributed by atoms with E-state index in [2.05, 4.69) is 24.0 Å². The lowest BCUT2D eigenvalue weighted by Crippen LogP contribution is -2.27. The second kappa shape index (κ2) is 6.62. The lowest BCUT2D eigenvalue weighted by molar-refractivity contribution is 0.145. The van der Waals surface area contributed by atoms with Gasteiger partial charge in [0.1, 0.15) is 5.75 Å². The van der Waals surface area contributed by atoms with E-state index in [1.165, 1.54) is 5.56 Å². The highest BCUT2D eigenvalue weighted by Crippen LogP contribution is 2.27. The van der Waals surface area contributed by atoms with Crippen LogP contribution in [0.25, 0.3) is 0 Å². The van der Waals surface area contributed by atoms with E-state index in [4.69, 9.17) is 4.74 Å². The molecule has 3 heteroatoms. The number of aliphatic hydroxyl groups is 1. The number of hydrogen-bond donors (Lipinski definition) is 1. The molecule has 96 valence electrons. The molecule has 0 amide bonds. The Morgan fingerprint density at radius 2 is 1.82 bits per heavy atom. The second-order valence-corrected chi connectivity index (χ2v) is 4.57. The van der Waals surface area contributed by atoms with Crippen molar-refractivity contribution < 1.29 is 9.84 Å². The lowest BCUT2D eigenvalue weighted by Gasteiger charge is -2.29. The first-order chi connectivity index (χ1) is 8.10. The van der Waals surface area contributed by atoms with Crippen LogP contribution >= 0.6 is 0 Å². The zero-order chi connectivity index (χ0) is 12.8. The summed E-state index contributed by atoms with van der Waals surface area (Å²) < 4.78 is 5.42. The summed E-state index contributed by atoms with van der Waals surface area (Å²) in [5.74, 6) is 1.10. The van der Waals surface area contributed by atoms with Gasteiger partial charge in [0.25, 0.3) is 0 Å². The summed E-state index contributed by atoms with van der Waals surface area (Å²) in [6.45, 7) is 4.91. The molecular formula is C14H23NO2. The average molecular weight is 237 g/mol. The van der Waals surface area contributed by atoms with Crippen molar-refractivity contribution in [1.82, 2.24) is 4.90 Å². The molecule has 2 unspecified atom stereocenters. The Labute approximate surface area is 104 Å². The molecule has 1 aromatic carbocycles. The summed E-state index contributed by atoms with van der Waals surface area (Å²) in [6, 6.07) is 8.35. The third-order valence-electron chi connectivity index (χ3n) is 2.92. The fourth-order valence-corrected chi connectivity index (χ4v) is 2.16. The van der Waals surface area contributed by atoms with Crippen LogP contribution in [0.1, 0.15) is 25.5 Å². The zero-order valence-corrected chi connectivity index (χ0v) is 11.2. The van der Waals surface area contributed by atoms with Crippen molar-refractivity contribution in [1.29, 1.82) is 0 Å². The Bertz CT molecular complexity index is 321. The van der Waals surface area contributed by atoms with Crippen molar-refractivity contribution in [2.45, 2.75) is 19.9 Å². The van der Waals surface area contributed by atoms with Crippen molar-refractivity contribution in [3.63, 3.8) is 0 Å². The minimum absolute atomic E-state index is 0.191. The molecule has 0 aromatic heterocycles. The molecule has 0 aliphatic rings. The highest BCUT2D eigenvalue weighted by Gasteiger charge is 2.20. The van der Waals surface area contributed by atoms with Gasteiger partial charge in [0.15, 0.2) is 0 Å². The Kier molecular flexibility index (Phi) is 5.45. The molecule has 0 spiro atoms. The minimum Gasteiger partial charge on any atom is -0.494 e. The van der Waals surface area contributed by atoms with Crippen LogP contribution in [0.5, 0.6) is 5.75 Å². The minimum atomic E-state index is 0.191. The number of ether oxygens (including phenoxy) is 1. The average Bonchev–Trinajstić information content (AvgIpc) is 2.31. The van der Waals surface area contributed by atoms with Gasteiger partial charge in [-0.15, -0.1) is 0 Å². The molecule has 2 atom stereocenters. The molecule has 0 radical (unpaired) electrons. The Morgan fingerprint density at radius 1 is 1.24 bits per heavy atom. The molecule has 1 N–H and O–H groups in total. The van der Waals surface area contributed by atoms with Crippen molar-refractivity contribution >= 4 is 0 Å². The smallest absolute Gasteiger partial charge is 0.119 e. The molecule has 0 aliphatic heterocycles. The van der Waals surface area contributed by atoms with Gasteiger partial charge in [-0.25, -0.2) is 0 Å². The molecule has 0 fully saturated rings. The fourth-order valence-electron chi connectivity index (χ4n) is 2.16. The van der Waals surface area contributed by atoms with E-state index in [-0.39, 0.29) is 18.6 Å². The normalized spacial score (nSPS) is 14.7. The van der Waals surface area contributed by atoms with Crippen LogP contribution < -0.4 is 4.74 Å². The molecule has 0 saturated heterocycles. The maximum Gasteiger partial charge on any atom is 0.119 e. The standard InChI is InChI=1S/C14H23NO2/c1-5-17-13-8-6-12(7-9-13)14(15(3)4)11(2)10-16/h6-9,11,14,16H,5,10H2,1-4H3. The molecule has 1 aromatic rings. The van der Waals surface area contributed by atoms with Crippen LogP contribution in [0.15, 0.2) is 24.3 Å². The fraction of sp³-hybridized carbons (Fsp3) is 0.571. The maximum absolute atomic E-state index is 9.30. The zero-order valence-electron chi connectivity index (χ0n) is 11.2. The molecule has 0 heterocycles. The monoisotopic (exact) mass is 237 g/mol. The summed E-state index contributed by atoms with van der Waals surface area (Å²) >= 11 is 0. The van der Waals surface area contributed by atoms with Crippen LogP contribution in [0.4, 0.5) is 0 Å². The van der Waals surface area contributed by atoms with Gasteiger partial charge < -0.3 is 14.7 Å².